The monoisotopic (exact) mass is 449 g/mol. The van der Waals surface area contributed by atoms with Crippen LogP contribution < -0.4 is 10.5 Å². The average Bonchev–Trinajstić information content (AvgIpc) is 3.23. The number of hydrogen-bond acceptors (Lipinski definition) is 3. The van der Waals surface area contributed by atoms with Crippen molar-refractivity contribution in [2.24, 2.45) is 0 Å². The van der Waals surface area contributed by atoms with Crippen molar-refractivity contribution < 1.29 is 18.0 Å². The number of aromatic nitrogens is 2. The number of carbonyl (C=O) groups is 1. The Bertz CT molecular complexity index is 1430. The van der Waals surface area contributed by atoms with Crippen LogP contribution in [0, 0.1) is 0 Å². The van der Waals surface area contributed by atoms with Gasteiger partial charge in [0.1, 0.15) is 0 Å². The summed E-state index contributed by atoms with van der Waals surface area (Å²) in [4.78, 5) is 26.3. The van der Waals surface area contributed by atoms with Crippen molar-refractivity contribution in [1.29, 1.82) is 0 Å². The van der Waals surface area contributed by atoms with E-state index in [-0.39, 0.29) is 17.9 Å². The van der Waals surface area contributed by atoms with Gasteiger partial charge < -0.3 is 4.90 Å². The number of aromatic amines is 1. The van der Waals surface area contributed by atoms with Crippen LogP contribution in [0.5, 0.6) is 0 Å². The van der Waals surface area contributed by atoms with Crippen molar-refractivity contribution in [1.82, 2.24) is 10.2 Å². The molecule has 5 nitrogen and oxygen atoms in total. The molecule has 0 bridgehead atoms. The molecule has 4 aromatic rings. The van der Waals surface area contributed by atoms with Crippen LogP contribution in [0.3, 0.4) is 0 Å². The van der Waals surface area contributed by atoms with Crippen molar-refractivity contribution in [2.75, 3.05) is 11.4 Å². The molecule has 0 fully saturated rings. The van der Waals surface area contributed by atoms with Gasteiger partial charge in [-0.25, -0.2) is 5.10 Å². The predicted molar refractivity (Wildman–Crippen MR) is 119 cm³/mol. The zero-order chi connectivity index (χ0) is 23.2. The molecule has 8 heteroatoms. The van der Waals surface area contributed by atoms with E-state index in [4.69, 9.17) is 0 Å². The Labute approximate surface area is 186 Å². The van der Waals surface area contributed by atoms with Crippen LogP contribution in [0.1, 0.15) is 16.7 Å². The Kier molecular flexibility index (Phi) is 5.00. The minimum atomic E-state index is -4.46. The highest BCUT2D eigenvalue weighted by Crippen LogP contribution is 2.36. The lowest BCUT2D eigenvalue weighted by Gasteiger charge is -2.19. The SMILES string of the molecule is O=C(Cc1ccc(-c2n[nH]c(=O)c3ccccc23)cc1)N1CCc2ccc(C(F)(F)F)cc21. The van der Waals surface area contributed by atoms with E-state index in [2.05, 4.69) is 10.2 Å². The molecule has 166 valence electrons. The summed E-state index contributed by atoms with van der Waals surface area (Å²) in [7, 11) is 0. The van der Waals surface area contributed by atoms with Gasteiger partial charge in [0.2, 0.25) is 5.91 Å². The number of halogens is 3. The van der Waals surface area contributed by atoms with Crippen molar-refractivity contribution in [3.05, 3.63) is 93.8 Å². The summed E-state index contributed by atoms with van der Waals surface area (Å²) in [5.41, 5.74) is 2.18. The van der Waals surface area contributed by atoms with E-state index in [1.54, 1.807) is 24.3 Å². The third kappa shape index (κ3) is 3.88. The normalized spacial score (nSPS) is 13.4. The second kappa shape index (κ2) is 7.88. The molecular formula is C25H18F3N3O2. The number of alkyl halides is 3. The summed E-state index contributed by atoms with van der Waals surface area (Å²) in [5, 5.41) is 7.94. The maximum absolute atomic E-state index is 13.1. The number of fused-ring (bicyclic) bond motifs is 2. The summed E-state index contributed by atoms with van der Waals surface area (Å²) in [5.74, 6) is -0.256. The van der Waals surface area contributed by atoms with Crippen molar-refractivity contribution in [3.8, 4) is 11.3 Å². The van der Waals surface area contributed by atoms with Gasteiger partial charge in [-0.05, 0) is 35.7 Å². The molecule has 1 aliphatic rings. The fraction of sp³-hybridized carbons (Fsp3) is 0.160. The molecule has 0 radical (unpaired) electrons. The maximum Gasteiger partial charge on any atom is 0.416 e. The van der Waals surface area contributed by atoms with E-state index >= 15 is 0 Å². The quantitative estimate of drug-likeness (QED) is 0.491. The number of rotatable bonds is 3. The number of amides is 1. The number of carbonyl (C=O) groups excluding carboxylic acids is 1. The zero-order valence-corrected chi connectivity index (χ0v) is 17.3. The van der Waals surface area contributed by atoms with Gasteiger partial charge in [-0.3, -0.25) is 9.59 Å². The minimum Gasteiger partial charge on any atom is -0.312 e. The van der Waals surface area contributed by atoms with E-state index in [0.29, 0.717) is 29.7 Å². The summed E-state index contributed by atoms with van der Waals surface area (Å²) >= 11 is 0. The average molecular weight is 449 g/mol. The largest absolute Gasteiger partial charge is 0.416 e. The molecule has 1 aromatic heterocycles. The second-order valence-corrected chi connectivity index (χ2v) is 7.96. The van der Waals surface area contributed by atoms with Crippen LogP contribution >= 0.6 is 0 Å². The first kappa shape index (κ1) is 20.9. The van der Waals surface area contributed by atoms with Crippen molar-refractivity contribution in [3.63, 3.8) is 0 Å². The summed E-state index contributed by atoms with van der Waals surface area (Å²) in [6.45, 7) is 0.362. The standard InChI is InChI=1S/C25H18F3N3O2/c26-25(27,28)18-10-9-16-11-12-31(21(16)14-18)22(32)13-15-5-7-17(8-6-15)23-19-3-1-2-4-20(19)24(33)30-29-23/h1-10,14H,11-13H2,(H,30,33). The first-order chi connectivity index (χ1) is 15.8. The van der Waals surface area contributed by atoms with Gasteiger partial charge in [-0.15, -0.1) is 0 Å². The molecule has 1 amide bonds. The minimum absolute atomic E-state index is 0.0652. The number of anilines is 1. The first-order valence-electron chi connectivity index (χ1n) is 10.4. The highest BCUT2D eigenvalue weighted by molar-refractivity contribution is 5.97. The van der Waals surface area contributed by atoms with E-state index in [0.717, 1.165) is 34.2 Å². The molecule has 0 saturated carbocycles. The molecule has 1 N–H and O–H groups in total. The third-order valence-electron chi connectivity index (χ3n) is 5.89. The Morgan fingerprint density at radius 1 is 1.00 bits per heavy atom. The van der Waals surface area contributed by atoms with Gasteiger partial charge in [0.15, 0.2) is 0 Å². The Balaban J connectivity index is 1.38. The molecule has 2 heterocycles. The highest BCUT2D eigenvalue weighted by atomic mass is 19.4. The molecule has 0 aliphatic carbocycles. The number of H-pyrrole nitrogens is 1. The lowest BCUT2D eigenvalue weighted by atomic mass is 10.0. The number of nitrogens with zero attached hydrogens (tertiary/aromatic N) is 2. The predicted octanol–water partition coefficient (Wildman–Crippen LogP) is 4.74. The molecule has 0 unspecified atom stereocenters. The first-order valence-corrected chi connectivity index (χ1v) is 10.4. The van der Waals surface area contributed by atoms with Crippen LogP contribution in [0.15, 0.2) is 71.5 Å². The van der Waals surface area contributed by atoms with Crippen LogP contribution in [0.25, 0.3) is 22.0 Å². The van der Waals surface area contributed by atoms with Crippen LogP contribution in [0.4, 0.5) is 18.9 Å². The molecule has 0 spiro atoms. The Morgan fingerprint density at radius 2 is 1.73 bits per heavy atom. The number of hydrogen-bond donors (Lipinski definition) is 1. The molecule has 0 atom stereocenters. The van der Waals surface area contributed by atoms with Crippen molar-refractivity contribution in [2.45, 2.75) is 19.0 Å². The third-order valence-corrected chi connectivity index (χ3v) is 5.89. The number of benzene rings is 3. The summed E-state index contributed by atoms with van der Waals surface area (Å²) in [6.07, 6.45) is -3.86. The topological polar surface area (TPSA) is 66.1 Å². The van der Waals surface area contributed by atoms with E-state index < -0.39 is 11.7 Å². The Morgan fingerprint density at radius 3 is 2.45 bits per heavy atom. The van der Waals surface area contributed by atoms with Crippen LogP contribution in [-0.4, -0.2) is 22.6 Å². The van der Waals surface area contributed by atoms with Gasteiger partial charge in [-0.2, -0.15) is 18.3 Å². The lowest BCUT2D eigenvalue weighted by Crippen LogP contribution is -2.30. The fourth-order valence-electron chi connectivity index (χ4n) is 4.20. The van der Waals surface area contributed by atoms with Gasteiger partial charge in [0, 0.05) is 23.2 Å². The van der Waals surface area contributed by atoms with E-state index in [1.807, 2.05) is 24.3 Å². The lowest BCUT2D eigenvalue weighted by molar-refractivity contribution is -0.137. The van der Waals surface area contributed by atoms with Gasteiger partial charge in [0.25, 0.3) is 5.56 Å². The van der Waals surface area contributed by atoms with Gasteiger partial charge in [-0.1, -0.05) is 48.5 Å². The maximum atomic E-state index is 13.1. The second-order valence-electron chi connectivity index (χ2n) is 7.96. The van der Waals surface area contributed by atoms with Crippen molar-refractivity contribution >= 4 is 22.4 Å². The molecule has 3 aromatic carbocycles. The van der Waals surface area contributed by atoms with Crippen LogP contribution in [0.2, 0.25) is 0 Å². The highest BCUT2D eigenvalue weighted by Gasteiger charge is 2.33. The molecule has 0 saturated heterocycles. The van der Waals surface area contributed by atoms with E-state index in [1.165, 1.54) is 11.0 Å². The van der Waals surface area contributed by atoms with Gasteiger partial charge in [0.05, 0.1) is 23.1 Å². The van der Waals surface area contributed by atoms with Gasteiger partial charge >= 0.3 is 6.18 Å². The van der Waals surface area contributed by atoms with E-state index in [9.17, 15) is 22.8 Å². The molecular weight excluding hydrogens is 431 g/mol. The van der Waals surface area contributed by atoms with Crippen LogP contribution in [-0.2, 0) is 23.8 Å². The smallest absolute Gasteiger partial charge is 0.312 e. The summed E-state index contributed by atoms with van der Waals surface area (Å²) in [6, 6.07) is 17.9. The molecule has 5 rings (SSSR count). The molecule has 33 heavy (non-hydrogen) atoms. The Hall–Kier alpha value is -3.94. The zero-order valence-electron chi connectivity index (χ0n) is 17.3. The molecule has 1 aliphatic heterocycles. The fourth-order valence-corrected chi connectivity index (χ4v) is 4.20. The summed E-state index contributed by atoms with van der Waals surface area (Å²) < 4.78 is 39.3. The number of nitrogens with one attached hydrogen (secondary N) is 1.